The molecule has 0 unspecified atom stereocenters. The first-order valence-electron chi connectivity index (χ1n) is 4.06. The van der Waals surface area contributed by atoms with E-state index in [9.17, 15) is 8.42 Å². The van der Waals surface area contributed by atoms with E-state index in [-0.39, 0.29) is 16.5 Å². The number of aliphatic hydroxyl groups excluding tert-OH is 1. The Hall–Kier alpha value is -0.660. The highest BCUT2D eigenvalue weighted by molar-refractivity contribution is 7.89. The van der Waals surface area contributed by atoms with Gasteiger partial charge in [-0.25, -0.2) is 8.42 Å². The molecule has 0 heterocycles. The number of sulfonamides is 1. The molecule has 15 heavy (non-hydrogen) atoms. The molecule has 1 aromatic carbocycles. The summed E-state index contributed by atoms with van der Waals surface area (Å²) in [5.74, 6) is 0. The standard InChI is InChI=1S/C8H10ClNO4S/c9-7-2-1-6(3-4-11)5-8(7)15(13,14)10-12/h1-2,5,10-12H,3-4H2. The van der Waals surface area contributed by atoms with Crippen molar-refractivity contribution in [2.24, 2.45) is 0 Å². The zero-order chi connectivity index (χ0) is 11.5. The van der Waals surface area contributed by atoms with Crippen molar-refractivity contribution in [3.63, 3.8) is 0 Å². The number of rotatable bonds is 4. The zero-order valence-corrected chi connectivity index (χ0v) is 9.22. The summed E-state index contributed by atoms with van der Waals surface area (Å²) in [6.45, 7) is -0.0896. The molecule has 3 N–H and O–H groups in total. The van der Waals surface area contributed by atoms with Crippen molar-refractivity contribution in [3.05, 3.63) is 28.8 Å². The van der Waals surface area contributed by atoms with Crippen LogP contribution in [0.5, 0.6) is 0 Å². The summed E-state index contributed by atoms with van der Waals surface area (Å²) >= 11 is 5.67. The molecule has 5 nitrogen and oxygen atoms in total. The Morgan fingerprint density at radius 3 is 2.60 bits per heavy atom. The molecule has 1 aromatic rings. The van der Waals surface area contributed by atoms with E-state index in [1.165, 1.54) is 17.0 Å². The van der Waals surface area contributed by atoms with Crippen LogP contribution >= 0.6 is 11.6 Å². The highest BCUT2D eigenvalue weighted by Crippen LogP contribution is 2.22. The van der Waals surface area contributed by atoms with Crippen LogP contribution in [0.2, 0.25) is 5.02 Å². The molecule has 0 aliphatic heterocycles. The van der Waals surface area contributed by atoms with Gasteiger partial charge in [-0.2, -0.15) is 0 Å². The van der Waals surface area contributed by atoms with Gasteiger partial charge in [0.25, 0.3) is 10.0 Å². The molecule has 0 aromatic heterocycles. The molecule has 0 spiro atoms. The average molecular weight is 252 g/mol. The molecule has 0 bridgehead atoms. The Morgan fingerprint density at radius 1 is 1.40 bits per heavy atom. The number of benzene rings is 1. The zero-order valence-electron chi connectivity index (χ0n) is 7.64. The molecule has 1 rings (SSSR count). The molecular weight excluding hydrogens is 242 g/mol. The van der Waals surface area contributed by atoms with E-state index in [0.29, 0.717) is 12.0 Å². The van der Waals surface area contributed by atoms with Gasteiger partial charge in [0.2, 0.25) is 0 Å². The highest BCUT2D eigenvalue weighted by Gasteiger charge is 2.17. The van der Waals surface area contributed by atoms with E-state index in [4.69, 9.17) is 21.9 Å². The average Bonchev–Trinajstić information content (AvgIpc) is 2.21. The lowest BCUT2D eigenvalue weighted by molar-refractivity contribution is 0.242. The topological polar surface area (TPSA) is 86.6 Å². The van der Waals surface area contributed by atoms with Gasteiger partial charge in [0.15, 0.2) is 0 Å². The van der Waals surface area contributed by atoms with Crippen LogP contribution in [0.15, 0.2) is 23.1 Å². The fourth-order valence-corrected chi connectivity index (χ4v) is 2.24. The normalized spacial score (nSPS) is 11.7. The van der Waals surface area contributed by atoms with Gasteiger partial charge in [-0.05, 0) is 24.1 Å². The van der Waals surface area contributed by atoms with E-state index in [1.807, 2.05) is 0 Å². The maximum atomic E-state index is 11.3. The van der Waals surface area contributed by atoms with Crippen molar-refractivity contribution in [1.82, 2.24) is 4.89 Å². The number of hydrogen-bond donors (Lipinski definition) is 3. The first kappa shape index (κ1) is 12.4. The van der Waals surface area contributed by atoms with Crippen LogP contribution in [0, 0.1) is 0 Å². The number of nitrogens with one attached hydrogen (secondary N) is 1. The monoisotopic (exact) mass is 251 g/mol. The van der Waals surface area contributed by atoms with Crippen molar-refractivity contribution < 1.29 is 18.7 Å². The minimum absolute atomic E-state index is 0.0123. The Bertz CT molecular complexity index is 446. The molecule has 0 fully saturated rings. The molecule has 0 radical (unpaired) electrons. The predicted octanol–water partition coefficient (Wildman–Crippen LogP) is 0.542. The van der Waals surface area contributed by atoms with Gasteiger partial charge in [0.05, 0.1) is 5.02 Å². The molecule has 0 saturated heterocycles. The fraction of sp³-hybridized carbons (Fsp3) is 0.250. The van der Waals surface area contributed by atoms with Crippen LogP contribution < -0.4 is 4.89 Å². The van der Waals surface area contributed by atoms with E-state index in [1.54, 1.807) is 6.07 Å². The number of hydrogen-bond acceptors (Lipinski definition) is 4. The first-order valence-corrected chi connectivity index (χ1v) is 5.92. The summed E-state index contributed by atoms with van der Waals surface area (Å²) in [6.07, 6.45) is 0.325. The van der Waals surface area contributed by atoms with Gasteiger partial charge in [0.1, 0.15) is 4.90 Å². The first-order chi connectivity index (χ1) is 7.01. The third-order valence-electron chi connectivity index (χ3n) is 1.81. The lowest BCUT2D eigenvalue weighted by Crippen LogP contribution is -2.20. The van der Waals surface area contributed by atoms with Gasteiger partial charge in [0, 0.05) is 6.61 Å². The lowest BCUT2D eigenvalue weighted by Gasteiger charge is -2.06. The van der Waals surface area contributed by atoms with Crippen LogP contribution in [0.25, 0.3) is 0 Å². The van der Waals surface area contributed by atoms with Gasteiger partial charge in [-0.3, -0.25) is 0 Å². The van der Waals surface area contributed by atoms with E-state index < -0.39 is 10.0 Å². The quantitative estimate of drug-likeness (QED) is 0.682. The molecule has 0 aliphatic rings. The summed E-state index contributed by atoms with van der Waals surface area (Å²) in [5.41, 5.74) is 0.621. The minimum Gasteiger partial charge on any atom is -0.396 e. The second-order valence-electron chi connectivity index (χ2n) is 2.83. The third kappa shape index (κ3) is 2.90. The summed E-state index contributed by atoms with van der Waals surface area (Å²) < 4.78 is 22.5. The van der Waals surface area contributed by atoms with Crippen LogP contribution in [0.1, 0.15) is 5.56 Å². The van der Waals surface area contributed by atoms with Crippen LogP contribution in [0.3, 0.4) is 0 Å². The van der Waals surface area contributed by atoms with E-state index in [0.717, 1.165) is 0 Å². The van der Waals surface area contributed by atoms with Crippen molar-refractivity contribution >= 4 is 21.6 Å². The number of halogens is 1. The Morgan fingerprint density at radius 2 is 2.07 bits per heavy atom. The molecule has 7 heteroatoms. The van der Waals surface area contributed by atoms with E-state index >= 15 is 0 Å². The maximum Gasteiger partial charge on any atom is 0.263 e. The van der Waals surface area contributed by atoms with Crippen molar-refractivity contribution in [3.8, 4) is 0 Å². The van der Waals surface area contributed by atoms with Crippen molar-refractivity contribution in [2.75, 3.05) is 6.61 Å². The summed E-state index contributed by atoms with van der Waals surface area (Å²) in [7, 11) is -3.98. The fourth-order valence-electron chi connectivity index (χ4n) is 1.09. The Kier molecular flexibility index (Phi) is 4.06. The molecule has 0 amide bonds. The summed E-state index contributed by atoms with van der Waals surface area (Å²) in [6, 6.07) is 4.31. The van der Waals surface area contributed by atoms with E-state index in [2.05, 4.69) is 0 Å². The largest absolute Gasteiger partial charge is 0.396 e. The molecule has 0 aliphatic carbocycles. The lowest BCUT2D eigenvalue weighted by atomic mass is 10.2. The molecule has 84 valence electrons. The Labute approximate surface area is 92.3 Å². The van der Waals surface area contributed by atoms with Gasteiger partial charge in [-0.1, -0.05) is 22.6 Å². The molecular formula is C8H10ClNO4S. The van der Waals surface area contributed by atoms with Crippen LogP contribution in [0.4, 0.5) is 0 Å². The summed E-state index contributed by atoms with van der Waals surface area (Å²) in [5, 5.41) is 17.2. The second kappa shape index (κ2) is 4.91. The van der Waals surface area contributed by atoms with Crippen molar-refractivity contribution in [1.29, 1.82) is 0 Å². The molecule has 0 atom stereocenters. The minimum atomic E-state index is -3.98. The van der Waals surface area contributed by atoms with Crippen LogP contribution in [-0.4, -0.2) is 25.3 Å². The van der Waals surface area contributed by atoms with Crippen molar-refractivity contribution in [2.45, 2.75) is 11.3 Å². The maximum absolute atomic E-state index is 11.3. The SMILES string of the molecule is O=S(=O)(NO)c1cc(CCO)ccc1Cl. The van der Waals surface area contributed by atoms with Gasteiger partial charge in [-0.15, -0.1) is 0 Å². The van der Waals surface area contributed by atoms with Crippen LogP contribution in [-0.2, 0) is 16.4 Å². The van der Waals surface area contributed by atoms with Gasteiger partial charge >= 0.3 is 0 Å². The molecule has 0 saturated carbocycles. The smallest absolute Gasteiger partial charge is 0.263 e. The number of aliphatic hydroxyl groups is 1. The summed E-state index contributed by atoms with van der Waals surface area (Å²) in [4.78, 5) is 0.982. The predicted molar refractivity (Wildman–Crippen MR) is 54.3 cm³/mol. The Balaban J connectivity index is 3.23. The second-order valence-corrected chi connectivity index (χ2v) is 4.87. The third-order valence-corrected chi connectivity index (χ3v) is 3.40. The highest BCUT2D eigenvalue weighted by atomic mass is 35.5. The van der Waals surface area contributed by atoms with Gasteiger partial charge < -0.3 is 10.3 Å².